The van der Waals surface area contributed by atoms with Gasteiger partial charge in [-0.2, -0.15) is 0 Å². The zero-order valence-corrected chi connectivity index (χ0v) is 11.4. The molecule has 2 aromatic carbocycles. The van der Waals surface area contributed by atoms with Crippen LogP contribution in [0.15, 0.2) is 48.5 Å². The number of carbonyl (C=O) groups excluding carboxylic acids is 1. The maximum atomic E-state index is 11.8. The molecule has 96 valence electrons. The largest absolute Gasteiger partial charge is 0.295 e. The van der Waals surface area contributed by atoms with Crippen molar-refractivity contribution >= 4 is 22.1 Å². The molecule has 0 saturated heterocycles. The molecular weight excluding hydrogens is 232 g/mol. The van der Waals surface area contributed by atoms with Gasteiger partial charge >= 0.3 is 0 Å². The van der Waals surface area contributed by atoms with Crippen molar-refractivity contribution in [1.82, 2.24) is 0 Å². The molecule has 1 nitrogen and oxygen atoms in total. The summed E-state index contributed by atoms with van der Waals surface area (Å²) in [4.78, 5) is 11.8. The average Bonchev–Trinajstić information content (AvgIpc) is 2.41. The second kappa shape index (κ2) is 4.34. The maximum absolute atomic E-state index is 11.8. The van der Waals surface area contributed by atoms with Crippen LogP contribution >= 0.6 is 0 Å². The van der Waals surface area contributed by atoms with E-state index in [-0.39, 0.29) is 11.2 Å². The Morgan fingerprint density at radius 3 is 2.58 bits per heavy atom. The van der Waals surface area contributed by atoms with Gasteiger partial charge in [-0.3, -0.25) is 4.79 Å². The summed E-state index contributed by atoms with van der Waals surface area (Å²) >= 11 is 0. The summed E-state index contributed by atoms with van der Waals surface area (Å²) in [6.45, 7) is 4.46. The molecule has 0 saturated carbocycles. The van der Waals surface area contributed by atoms with Crippen LogP contribution in [-0.2, 0) is 4.79 Å². The maximum Gasteiger partial charge on any atom is 0.156 e. The van der Waals surface area contributed by atoms with E-state index >= 15 is 0 Å². The van der Waals surface area contributed by atoms with Gasteiger partial charge in [0.15, 0.2) is 5.78 Å². The number of rotatable bonds is 1. The van der Waals surface area contributed by atoms with Crippen LogP contribution in [-0.4, -0.2) is 5.78 Å². The van der Waals surface area contributed by atoms with Gasteiger partial charge in [-0.05, 0) is 39.8 Å². The Bertz CT molecular complexity index is 672. The minimum absolute atomic E-state index is 0.0675. The first-order chi connectivity index (χ1) is 9.08. The molecule has 0 unspecified atom stereocenters. The van der Waals surface area contributed by atoms with Crippen LogP contribution in [0, 0.1) is 5.41 Å². The number of hydrogen-bond donors (Lipinski definition) is 0. The highest BCUT2D eigenvalue weighted by molar-refractivity contribution is 6.04. The van der Waals surface area contributed by atoms with Crippen molar-refractivity contribution in [2.75, 3.05) is 0 Å². The van der Waals surface area contributed by atoms with E-state index in [9.17, 15) is 4.79 Å². The first kappa shape index (κ1) is 12.2. The summed E-state index contributed by atoms with van der Waals surface area (Å²) in [7, 11) is 0. The molecule has 0 fully saturated rings. The van der Waals surface area contributed by atoms with Gasteiger partial charge in [0.05, 0.1) is 0 Å². The van der Waals surface area contributed by atoms with E-state index in [2.05, 4.69) is 56.3 Å². The number of fused-ring (bicyclic) bond motifs is 1. The van der Waals surface area contributed by atoms with Gasteiger partial charge in [-0.25, -0.2) is 0 Å². The Morgan fingerprint density at radius 1 is 1.00 bits per heavy atom. The second-order valence-electron chi connectivity index (χ2n) is 5.93. The third-order valence-corrected chi connectivity index (χ3v) is 4.11. The van der Waals surface area contributed by atoms with E-state index in [0.717, 1.165) is 6.42 Å². The monoisotopic (exact) mass is 250 g/mol. The summed E-state index contributed by atoms with van der Waals surface area (Å²) in [6, 6.07) is 14.7. The zero-order chi connectivity index (χ0) is 13.5. The fourth-order valence-corrected chi connectivity index (χ4v) is 2.90. The molecule has 0 heterocycles. The van der Waals surface area contributed by atoms with Crippen molar-refractivity contribution in [3.05, 3.63) is 54.1 Å². The molecule has 1 heteroatoms. The van der Waals surface area contributed by atoms with E-state index in [0.29, 0.717) is 6.42 Å². The summed E-state index contributed by atoms with van der Waals surface area (Å²) in [5.41, 5.74) is 2.45. The first-order valence-corrected chi connectivity index (χ1v) is 6.81. The molecule has 2 aromatic rings. The Hall–Kier alpha value is -1.89. The fraction of sp³-hybridized carbons (Fsp3) is 0.278. The summed E-state index contributed by atoms with van der Waals surface area (Å²) in [5, 5.41) is 2.47. The molecule has 0 bridgehead atoms. The topological polar surface area (TPSA) is 17.1 Å². The van der Waals surface area contributed by atoms with Crippen molar-refractivity contribution in [1.29, 1.82) is 0 Å². The van der Waals surface area contributed by atoms with Crippen molar-refractivity contribution < 1.29 is 4.79 Å². The van der Waals surface area contributed by atoms with Gasteiger partial charge in [-0.15, -0.1) is 0 Å². The number of allylic oxidation sites excluding steroid dienone is 2. The molecule has 3 rings (SSSR count). The van der Waals surface area contributed by atoms with Crippen LogP contribution in [0.5, 0.6) is 0 Å². The van der Waals surface area contributed by atoms with Crippen LogP contribution in [0.4, 0.5) is 0 Å². The molecule has 0 aliphatic heterocycles. The third-order valence-electron chi connectivity index (χ3n) is 4.11. The summed E-state index contributed by atoms with van der Waals surface area (Å²) < 4.78 is 0. The summed E-state index contributed by atoms with van der Waals surface area (Å²) in [6.07, 6.45) is 3.45. The van der Waals surface area contributed by atoms with E-state index < -0.39 is 0 Å². The van der Waals surface area contributed by atoms with Gasteiger partial charge < -0.3 is 0 Å². The van der Waals surface area contributed by atoms with Gasteiger partial charge in [0.25, 0.3) is 0 Å². The first-order valence-electron chi connectivity index (χ1n) is 6.81. The highest BCUT2D eigenvalue weighted by Crippen LogP contribution is 2.43. The van der Waals surface area contributed by atoms with E-state index in [1.807, 2.05) is 6.08 Å². The lowest BCUT2D eigenvalue weighted by Crippen LogP contribution is -2.21. The average molecular weight is 250 g/mol. The molecule has 0 N–H and O–H groups in total. The van der Waals surface area contributed by atoms with Crippen LogP contribution in [0.25, 0.3) is 16.3 Å². The van der Waals surface area contributed by atoms with Gasteiger partial charge in [-0.1, -0.05) is 56.3 Å². The lowest BCUT2D eigenvalue weighted by Gasteiger charge is -2.32. The fourth-order valence-electron chi connectivity index (χ4n) is 2.90. The van der Waals surface area contributed by atoms with Gasteiger partial charge in [0.2, 0.25) is 0 Å². The molecule has 0 atom stereocenters. The Balaban J connectivity index is 2.26. The molecule has 0 aromatic heterocycles. The van der Waals surface area contributed by atoms with E-state index in [4.69, 9.17) is 0 Å². The minimum atomic E-state index is 0.0675. The summed E-state index contributed by atoms with van der Waals surface area (Å²) in [5.74, 6) is 0.252. The Kier molecular flexibility index (Phi) is 2.78. The quantitative estimate of drug-likeness (QED) is 0.722. The van der Waals surface area contributed by atoms with Gasteiger partial charge in [0.1, 0.15) is 0 Å². The Labute approximate surface area is 113 Å². The van der Waals surface area contributed by atoms with E-state index in [1.165, 1.54) is 21.9 Å². The normalized spacial score (nSPS) is 18.4. The molecule has 0 amide bonds. The van der Waals surface area contributed by atoms with Crippen molar-refractivity contribution in [2.24, 2.45) is 5.41 Å². The SMILES string of the molecule is CC1(C)CCC(=O)C=C1c1cccc2ccccc12. The zero-order valence-electron chi connectivity index (χ0n) is 11.4. The molecular formula is C18H18O. The second-order valence-corrected chi connectivity index (χ2v) is 5.93. The lowest BCUT2D eigenvalue weighted by molar-refractivity contribution is -0.115. The lowest BCUT2D eigenvalue weighted by atomic mass is 9.72. The highest BCUT2D eigenvalue weighted by atomic mass is 16.1. The van der Waals surface area contributed by atoms with Crippen LogP contribution in [0.3, 0.4) is 0 Å². The number of hydrogen-bond acceptors (Lipinski definition) is 1. The van der Waals surface area contributed by atoms with Crippen LogP contribution < -0.4 is 0 Å². The standard InChI is InChI=1S/C18H18O/c1-18(2)11-10-14(19)12-17(18)16-9-5-7-13-6-3-4-8-15(13)16/h3-9,12H,10-11H2,1-2H3. The van der Waals surface area contributed by atoms with Crippen molar-refractivity contribution in [3.63, 3.8) is 0 Å². The molecule has 0 spiro atoms. The number of benzene rings is 2. The predicted octanol–water partition coefficient (Wildman–Crippen LogP) is 4.61. The van der Waals surface area contributed by atoms with Gasteiger partial charge in [0, 0.05) is 6.42 Å². The third kappa shape index (κ3) is 2.10. The molecule has 1 aliphatic carbocycles. The van der Waals surface area contributed by atoms with E-state index in [1.54, 1.807) is 0 Å². The smallest absolute Gasteiger partial charge is 0.156 e. The van der Waals surface area contributed by atoms with Crippen molar-refractivity contribution in [3.8, 4) is 0 Å². The molecule has 0 radical (unpaired) electrons. The highest BCUT2D eigenvalue weighted by Gasteiger charge is 2.30. The number of ketones is 1. The minimum Gasteiger partial charge on any atom is -0.295 e. The predicted molar refractivity (Wildman–Crippen MR) is 79.9 cm³/mol. The van der Waals surface area contributed by atoms with Crippen molar-refractivity contribution in [2.45, 2.75) is 26.7 Å². The van der Waals surface area contributed by atoms with Crippen LogP contribution in [0.1, 0.15) is 32.3 Å². The Morgan fingerprint density at radius 2 is 1.74 bits per heavy atom. The van der Waals surface area contributed by atoms with Crippen LogP contribution in [0.2, 0.25) is 0 Å². The molecule has 1 aliphatic rings. The number of carbonyl (C=O) groups is 1. The molecule has 19 heavy (non-hydrogen) atoms.